The predicted molar refractivity (Wildman–Crippen MR) is 142 cm³/mol. The Balaban J connectivity index is 1.56. The number of esters is 1. The van der Waals surface area contributed by atoms with Crippen molar-refractivity contribution in [2.24, 2.45) is 11.3 Å². The van der Waals surface area contributed by atoms with Crippen molar-refractivity contribution in [3.05, 3.63) is 77.4 Å². The summed E-state index contributed by atoms with van der Waals surface area (Å²) in [4.78, 5) is 16.8. The van der Waals surface area contributed by atoms with Crippen molar-refractivity contribution in [1.82, 2.24) is 4.98 Å². The van der Waals surface area contributed by atoms with E-state index < -0.39 is 0 Å². The Morgan fingerprint density at radius 3 is 2.49 bits per heavy atom. The van der Waals surface area contributed by atoms with E-state index in [0.717, 1.165) is 41.1 Å². The van der Waals surface area contributed by atoms with E-state index in [1.807, 2.05) is 30.3 Å². The fourth-order valence-electron chi connectivity index (χ4n) is 4.66. The first-order valence-electron chi connectivity index (χ1n) is 12.8. The number of hydrogen-bond donors (Lipinski definition) is 0. The Bertz CT molecular complexity index is 1250. The van der Waals surface area contributed by atoms with E-state index in [0.29, 0.717) is 30.1 Å². The molecule has 3 aromatic rings. The second kappa shape index (κ2) is 11.3. The lowest BCUT2D eigenvalue weighted by Crippen LogP contribution is -2.13. The van der Waals surface area contributed by atoms with Crippen molar-refractivity contribution >= 4 is 5.97 Å². The molecule has 1 aliphatic carbocycles. The van der Waals surface area contributed by atoms with Gasteiger partial charge in [-0.1, -0.05) is 39.0 Å². The Morgan fingerprint density at radius 1 is 1.03 bits per heavy atom. The third kappa shape index (κ3) is 7.09. The van der Waals surface area contributed by atoms with Crippen LogP contribution in [0, 0.1) is 17.2 Å². The Labute approximate surface area is 219 Å². The first-order valence-corrected chi connectivity index (χ1v) is 12.8. The molecule has 0 spiro atoms. The maximum Gasteiger partial charge on any atom is 0.306 e. The lowest BCUT2D eigenvalue weighted by atomic mass is 9.87. The number of aromatic nitrogens is 1. The summed E-state index contributed by atoms with van der Waals surface area (Å²) in [5.74, 6) is 1.49. The number of carbonyl (C=O) groups is 1. The Morgan fingerprint density at radius 2 is 1.81 bits per heavy atom. The first kappa shape index (κ1) is 26.6. The number of pyridine rings is 1. The molecule has 1 saturated carbocycles. The van der Waals surface area contributed by atoms with E-state index in [1.165, 1.54) is 13.2 Å². The SMILES string of the molecule is COC(=O)CC(c1cccc(OCc2ccc(-c3cc(OC)ccc3F)c(CC(C)(C)C)n2)c1)C1CC1. The summed E-state index contributed by atoms with van der Waals surface area (Å²) in [6, 6.07) is 16.5. The van der Waals surface area contributed by atoms with Crippen molar-refractivity contribution in [1.29, 1.82) is 0 Å². The van der Waals surface area contributed by atoms with Gasteiger partial charge in [-0.2, -0.15) is 0 Å². The summed E-state index contributed by atoms with van der Waals surface area (Å²) in [5.41, 5.74) is 3.87. The number of benzene rings is 2. The summed E-state index contributed by atoms with van der Waals surface area (Å²) in [5, 5.41) is 0. The lowest BCUT2D eigenvalue weighted by molar-refractivity contribution is -0.141. The van der Waals surface area contributed by atoms with Crippen LogP contribution in [-0.2, 0) is 22.6 Å². The molecule has 0 bridgehead atoms. The second-order valence-electron chi connectivity index (χ2n) is 11.0. The number of rotatable bonds is 10. The molecular weight excluding hydrogens is 469 g/mol. The van der Waals surface area contributed by atoms with E-state index in [9.17, 15) is 9.18 Å². The first-order chi connectivity index (χ1) is 17.7. The van der Waals surface area contributed by atoms with Gasteiger partial charge in [-0.05, 0) is 78.5 Å². The molecule has 1 atom stereocenters. The van der Waals surface area contributed by atoms with Gasteiger partial charge in [0.05, 0.1) is 26.3 Å². The Kier molecular flexibility index (Phi) is 8.16. The molecule has 1 aliphatic rings. The number of methoxy groups -OCH3 is 2. The van der Waals surface area contributed by atoms with Crippen molar-refractivity contribution in [3.63, 3.8) is 0 Å². The highest BCUT2D eigenvalue weighted by molar-refractivity contribution is 5.70. The quantitative estimate of drug-likeness (QED) is 0.275. The van der Waals surface area contributed by atoms with Crippen LogP contribution in [0.15, 0.2) is 54.6 Å². The van der Waals surface area contributed by atoms with Crippen molar-refractivity contribution in [2.45, 2.75) is 59.0 Å². The smallest absolute Gasteiger partial charge is 0.306 e. The highest BCUT2D eigenvalue weighted by atomic mass is 19.1. The largest absolute Gasteiger partial charge is 0.497 e. The molecule has 37 heavy (non-hydrogen) atoms. The van der Waals surface area contributed by atoms with E-state index in [4.69, 9.17) is 19.2 Å². The monoisotopic (exact) mass is 505 g/mol. The normalized spacial score (nSPS) is 14.2. The number of ether oxygens (including phenoxy) is 3. The third-order valence-electron chi connectivity index (χ3n) is 6.67. The standard InChI is InChI=1S/C31H36FNO4/c1-31(2,3)18-29-25(27-16-23(35-4)12-14-28(27)32)13-11-22(33-29)19-37-24-8-6-7-21(15-24)26(20-9-10-20)17-30(34)36-5/h6-8,11-16,20,26H,9-10,17-19H2,1-5H3. The number of halogens is 1. The van der Waals surface area contributed by atoms with E-state index >= 15 is 0 Å². The second-order valence-corrected chi connectivity index (χ2v) is 11.0. The van der Waals surface area contributed by atoms with Gasteiger partial charge in [0.15, 0.2) is 0 Å². The molecule has 5 nitrogen and oxygen atoms in total. The average Bonchev–Trinajstić information content (AvgIpc) is 3.71. The molecule has 1 fully saturated rings. The topological polar surface area (TPSA) is 57.7 Å². The predicted octanol–water partition coefficient (Wildman–Crippen LogP) is 7.12. The van der Waals surface area contributed by atoms with Gasteiger partial charge in [0.1, 0.15) is 23.9 Å². The van der Waals surface area contributed by atoms with Crippen LogP contribution in [0.1, 0.15) is 62.9 Å². The van der Waals surface area contributed by atoms with Crippen LogP contribution < -0.4 is 9.47 Å². The van der Waals surface area contributed by atoms with Crippen LogP contribution in [0.5, 0.6) is 11.5 Å². The molecule has 0 radical (unpaired) electrons. The van der Waals surface area contributed by atoms with Gasteiger partial charge in [0.2, 0.25) is 0 Å². The summed E-state index contributed by atoms with van der Waals surface area (Å²) >= 11 is 0. The van der Waals surface area contributed by atoms with E-state index in [1.54, 1.807) is 19.2 Å². The number of hydrogen-bond acceptors (Lipinski definition) is 5. The molecule has 1 heterocycles. The van der Waals surface area contributed by atoms with Gasteiger partial charge in [0, 0.05) is 16.8 Å². The van der Waals surface area contributed by atoms with Crippen LogP contribution in [0.4, 0.5) is 4.39 Å². The molecule has 1 aromatic heterocycles. The molecule has 0 saturated heterocycles. The van der Waals surface area contributed by atoms with Crippen LogP contribution in [0.2, 0.25) is 0 Å². The Hall–Kier alpha value is -3.41. The molecule has 0 N–H and O–H groups in total. The van der Waals surface area contributed by atoms with Crippen molar-refractivity contribution in [2.75, 3.05) is 14.2 Å². The number of carbonyl (C=O) groups excluding carboxylic acids is 1. The lowest BCUT2D eigenvalue weighted by Gasteiger charge is -2.21. The fourth-order valence-corrected chi connectivity index (χ4v) is 4.66. The zero-order chi connectivity index (χ0) is 26.6. The molecule has 196 valence electrons. The third-order valence-corrected chi connectivity index (χ3v) is 6.67. The van der Waals surface area contributed by atoms with Crippen molar-refractivity contribution in [3.8, 4) is 22.6 Å². The zero-order valence-electron chi connectivity index (χ0n) is 22.3. The van der Waals surface area contributed by atoms with Gasteiger partial charge in [-0.15, -0.1) is 0 Å². The van der Waals surface area contributed by atoms with Crippen LogP contribution >= 0.6 is 0 Å². The molecule has 1 unspecified atom stereocenters. The van der Waals surface area contributed by atoms with Crippen molar-refractivity contribution < 1.29 is 23.4 Å². The van der Waals surface area contributed by atoms with Gasteiger partial charge in [-0.25, -0.2) is 4.39 Å². The molecule has 6 heteroatoms. The van der Waals surface area contributed by atoms with E-state index in [-0.39, 0.29) is 29.7 Å². The molecule has 4 rings (SSSR count). The zero-order valence-corrected chi connectivity index (χ0v) is 22.3. The van der Waals surface area contributed by atoms with Gasteiger partial charge < -0.3 is 14.2 Å². The molecular formula is C31H36FNO4. The fraction of sp³-hybridized carbons (Fsp3) is 0.419. The van der Waals surface area contributed by atoms with Crippen LogP contribution in [0.3, 0.4) is 0 Å². The minimum Gasteiger partial charge on any atom is -0.497 e. The molecule has 0 amide bonds. The van der Waals surface area contributed by atoms with Crippen LogP contribution in [0.25, 0.3) is 11.1 Å². The number of nitrogens with zero attached hydrogens (tertiary/aromatic N) is 1. The maximum atomic E-state index is 14.8. The molecule has 2 aromatic carbocycles. The highest BCUT2D eigenvalue weighted by Crippen LogP contribution is 2.45. The minimum absolute atomic E-state index is 0.0393. The average molecular weight is 506 g/mol. The maximum absolute atomic E-state index is 14.8. The summed E-state index contributed by atoms with van der Waals surface area (Å²) < 4.78 is 31.2. The summed E-state index contributed by atoms with van der Waals surface area (Å²) in [6.07, 6.45) is 3.32. The van der Waals surface area contributed by atoms with Gasteiger partial charge in [0.25, 0.3) is 0 Å². The van der Waals surface area contributed by atoms with Gasteiger partial charge in [-0.3, -0.25) is 9.78 Å². The molecule has 0 aliphatic heterocycles. The summed E-state index contributed by atoms with van der Waals surface area (Å²) in [6.45, 7) is 6.70. The summed E-state index contributed by atoms with van der Waals surface area (Å²) in [7, 11) is 3.00. The minimum atomic E-state index is -0.309. The van der Waals surface area contributed by atoms with E-state index in [2.05, 4.69) is 26.8 Å². The van der Waals surface area contributed by atoms with Gasteiger partial charge >= 0.3 is 5.97 Å². The highest BCUT2D eigenvalue weighted by Gasteiger charge is 2.34. The van der Waals surface area contributed by atoms with Crippen LogP contribution in [-0.4, -0.2) is 25.2 Å².